The zero-order chi connectivity index (χ0) is 16.9. The summed E-state index contributed by atoms with van der Waals surface area (Å²) < 4.78 is 13.7. The predicted octanol–water partition coefficient (Wildman–Crippen LogP) is 3.28. The lowest BCUT2D eigenvalue weighted by Crippen LogP contribution is -2.36. The van der Waals surface area contributed by atoms with E-state index in [0.717, 1.165) is 19.3 Å². The van der Waals surface area contributed by atoms with Gasteiger partial charge in [0.2, 0.25) is 5.91 Å². The third-order valence-electron chi connectivity index (χ3n) is 4.59. The second-order valence-electron chi connectivity index (χ2n) is 6.47. The van der Waals surface area contributed by atoms with Gasteiger partial charge in [0.25, 0.3) is 0 Å². The summed E-state index contributed by atoms with van der Waals surface area (Å²) in [6.07, 6.45) is 3.65. The molecule has 126 valence electrons. The maximum atomic E-state index is 13.7. The molecule has 0 aromatic heterocycles. The Kier molecular flexibility index (Phi) is 5.26. The van der Waals surface area contributed by atoms with Gasteiger partial charge < -0.3 is 11.1 Å². The summed E-state index contributed by atoms with van der Waals surface area (Å²) in [5.41, 5.74) is 9.12. The van der Waals surface area contributed by atoms with Crippen LogP contribution in [-0.2, 0) is 17.6 Å². The molecule has 3 nitrogen and oxygen atoms in total. The van der Waals surface area contributed by atoms with Gasteiger partial charge in [-0.3, -0.25) is 4.79 Å². The molecule has 3 N–H and O–H groups in total. The first-order valence-electron chi connectivity index (χ1n) is 8.49. The number of rotatable bonds is 5. The first-order valence-corrected chi connectivity index (χ1v) is 8.49. The summed E-state index contributed by atoms with van der Waals surface area (Å²) in [7, 11) is 0. The van der Waals surface area contributed by atoms with Gasteiger partial charge in [-0.05, 0) is 48.4 Å². The molecule has 24 heavy (non-hydrogen) atoms. The highest BCUT2D eigenvalue weighted by Gasteiger charge is 2.22. The Morgan fingerprint density at radius 3 is 2.79 bits per heavy atom. The van der Waals surface area contributed by atoms with Crippen LogP contribution >= 0.6 is 0 Å². The number of carbonyl (C=O) groups is 1. The molecule has 0 spiro atoms. The highest BCUT2D eigenvalue weighted by Crippen LogP contribution is 2.29. The van der Waals surface area contributed by atoms with Gasteiger partial charge in [-0.25, -0.2) is 4.39 Å². The number of hydrogen-bond acceptors (Lipinski definition) is 2. The molecule has 2 atom stereocenters. The fourth-order valence-corrected chi connectivity index (χ4v) is 3.41. The van der Waals surface area contributed by atoms with Gasteiger partial charge in [-0.2, -0.15) is 0 Å². The number of aryl methyl sites for hydroxylation is 1. The lowest BCUT2D eigenvalue weighted by molar-refractivity contribution is -0.122. The molecule has 0 bridgehead atoms. The Bertz CT molecular complexity index is 716. The van der Waals surface area contributed by atoms with Crippen LogP contribution in [0.15, 0.2) is 48.5 Å². The molecule has 0 radical (unpaired) electrons. The zero-order valence-corrected chi connectivity index (χ0v) is 13.7. The fourth-order valence-electron chi connectivity index (χ4n) is 3.41. The summed E-state index contributed by atoms with van der Waals surface area (Å²) in [6, 6.07) is 14.5. The molecule has 0 aliphatic heterocycles. The maximum Gasteiger partial charge on any atom is 0.222 e. The van der Waals surface area contributed by atoms with Gasteiger partial charge in [0.15, 0.2) is 0 Å². The lowest BCUT2D eigenvalue weighted by Gasteiger charge is -2.26. The van der Waals surface area contributed by atoms with E-state index in [-0.39, 0.29) is 30.2 Å². The van der Waals surface area contributed by atoms with Crippen molar-refractivity contribution in [3.8, 4) is 0 Å². The normalized spacial score (nSPS) is 17.8. The van der Waals surface area contributed by atoms with Crippen molar-refractivity contribution in [3.05, 3.63) is 71.0 Å². The van der Waals surface area contributed by atoms with E-state index in [2.05, 4.69) is 17.4 Å². The van der Waals surface area contributed by atoms with Gasteiger partial charge in [0.05, 0.1) is 6.04 Å². The van der Waals surface area contributed by atoms with E-state index in [1.54, 1.807) is 18.2 Å². The molecule has 0 unspecified atom stereocenters. The van der Waals surface area contributed by atoms with Crippen molar-refractivity contribution < 1.29 is 9.18 Å². The SMILES string of the molecule is N[C@@H](CC(=O)N[C@@H]1CCCc2ccccc21)Cc1ccccc1F. The molecule has 0 heterocycles. The number of hydrogen-bond donors (Lipinski definition) is 2. The average Bonchev–Trinajstić information content (AvgIpc) is 2.57. The number of nitrogens with two attached hydrogens (primary N) is 1. The van der Waals surface area contributed by atoms with Crippen LogP contribution in [0.2, 0.25) is 0 Å². The van der Waals surface area contributed by atoms with Crippen molar-refractivity contribution in [1.29, 1.82) is 0 Å². The van der Waals surface area contributed by atoms with E-state index in [4.69, 9.17) is 5.73 Å². The summed E-state index contributed by atoms with van der Waals surface area (Å²) in [5.74, 6) is -0.338. The van der Waals surface area contributed by atoms with Gasteiger partial charge >= 0.3 is 0 Å². The first-order chi connectivity index (χ1) is 11.6. The van der Waals surface area contributed by atoms with Crippen molar-refractivity contribution in [1.82, 2.24) is 5.32 Å². The molecule has 0 fully saturated rings. The molecule has 3 rings (SSSR count). The Morgan fingerprint density at radius 1 is 1.21 bits per heavy atom. The van der Waals surface area contributed by atoms with E-state index in [1.165, 1.54) is 17.2 Å². The summed E-state index contributed by atoms with van der Waals surface area (Å²) in [4.78, 5) is 12.3. The maximum absolute atomic E-state index is 13.7. The van der Waals surface area contributed by atoms with Gasteiger partial charge in [-0.15, -0.1) is 0 Å². The monoisotopic (exact) mass is 326 g/mol. The third kappa shape index (κ3) is 4.01. The topological polar surface area (TPSA) is 55.1 Å². The number of amides is 1. The van der Waals surface area contributed by atoms with Crippen LogP contribution in [0.25, 0.3) is 0 Å². The van der Waals surface area contributed by atoms with E-state index in [0.29, 0.717) is 12.0 Å². The Hall–Kier alpha value is -2.20. The molecule has 2 aromatic rings. The van der Waals surface area contributed by atoms with Crippen molar-refractivity contribution in [2.24, 2.45) is 5.73 Å². The van der Waals surface area contributed by atoms with E-state index < -0.39 is 0 Å². The molecule has 2 aromatic carbocycles. The van der Waals surface area contributed by atoms with Gasteiger partial charge in [-0.1, -0.05) is 42.5 Å². The Morgan fingerprint density at radius 2 is 1.96 bits per heavy atom. The summed E-state index contributed by atoms with van der Waals surface area (Å²) in [5, 5.41) is 3.09. The van der Waals surface area contributed by atoms with Crippen LogP contribution in [0, 0.1) is 5.82 Å². The largest absolute Gasteiger partial charge is 0.349 e. The minimum atomic E-state index is -0.388. The van der Waals surface area contributed by atoms with Gasteiger partial charge in [0.1, 0.15) is 5.82 Å². The molecule has 0 saturated heterocycles. The summed E-state index contributed by atoms with van der Waals surface area (Å²) >= 11 is 0. The van der Waals surface area contributed by atoms with Crippen LogP contribution in [0.3, 0.4) is 0 Å². The number of benzene rings is 2. The van der Waals surface area contributed by atoms with Crippen LogP contribution in [0.1, 0.15) is 42.0 Å². The fraction of sp³-hybridized carbons (Fsp3) is 0.350. The lowest BCUT2D eigenvalue weighted by atomic mass is 9.87. The van der Waals surface area contributed by atoms with E-state index in [1.807, 2.05) is 12.1 Å². The van der Waals surface area contributed by atoms with Crippen molar-refractivity contribution in [2.45, 2.75) is 44.2 Å². The minimum absolute atomic E-state index is 0.0584. The van der Waals surface area contributed by atoms with Crippen LogP contribution < -0.4 is 11.1 Å². The zero-order valence-electron chi connectivity index (χ0n) is 13.7. The molecule has 1 aliphatic carbocycles. The van der Waals surface area contributed by atoms with E-state index in [9.17, 15) is 9.18 Å². The molecule has 0 saturated carbocycles. The molecular weight excluding hydrogens is 303 g/mol. The first kappa shape index (κ1) is 16.7. The second kappa shape index (κ2) is 7.58. The quantitative estimate of drug-likeness (QED) is 0.886. The Labute approximate surface area is 142 Å². The Balaban J connectivity index is 1.57. The number of halogens is 1. The van der Waals surface area contributed by atoms with Crippen molar-refractivity contribution in [2.75, 3.05) is 0 Å². The smallest absolute Gasteiger partial charge is 0.222 e. The third-order valence-corrected chi connectivity index (χ3v) is 4.59. The standard InChI is InChI=1S/C20H23FN2O/c21-18-10-4-2-7-15(18)12-16(22)13-20(24)23-19-11-5-8-14-6-1-3-9-17(14)19/h1-4,6-7,9-10,16,19H,5,8,11-13,22H2,(H,23,24)/t16-,19-/m1/s1. The van der Waals surface area contributed by atoms with E-state index >= 15 is 0 Å². The molecular formula is C20H23FN2O. The van der Waals surface area contributed by atoms with Crippen molar-refractivity contribution >= 4 is 5.91 Å². The molecule has 1 amide bonds. The van der Waals surface area contributed by atoms with Crippen molar-refractivity contribution in [3.63, 3.8) is 0 Å². The number of carbonyl (C=O) groups excluding carboxylic acids is 1. The van der Waals surface area contributed by atoms with Gasteiger partial charge in [0, 0.05) is 12.5 Å². The van der Waals surface area contributed by atoms with Crippen LogP contribution in [0.5, 0.6) is 0 Å². The highest BCUT2D eigenvalue weighted by molar-refractivity contribution is 5.77. The number of nitrogens with one attached hydrogen (secondary N) is 1. The van der Waals surface area contributed by atoms with Crippen LogP contribution in [0.4, 0.5) is 4.39 Å². The second-order valence-corrected chi connectivity index (χ2v) is 6.47. The predicted molar refractivity (Wildman–Crippen MR) is 93.0 cm³/mol. The minimum Gasteiger partial charge on any atom is -0.349 e. The average molecular weight is 326 g/mol. The van der Waals surface area contributed by atoms with Crippen LogP contribution in [-0.4, -0.2) is 11.9 Å². The molecule has 4 heteroatoms. The highest BCUT2D eigenvalue weighted by atomic mass is 19.1. The number of fused-ring (bicyclic) bond motifs is 1. The summed E-state index contributed by atoms with van der Waals surface area (Å²) in [6.45, 7) is 0. The molecule has 1 aliphatic rings.